The van der Waals surface area contributed by atoms with E-state index >= 15 is 0 Å². The van der Waals surface area contributed by atoms with E-state index in [9.17, 15) is 9.59 Å². The van der Waals surface area contributed by atoms with E-state index in [1.165, 1.54) is 0 Å². The van der Waals surface area contributed by atoms with Gasteiger partial charge in [-0.2, -0.15) is 11.8 Å². The van der Waals surface area contributed by atoms with Crippen LogP contribution in [-0.2, 0) is 14.3 Å². The second kappa shape index (κ2) is 9.69. The number of morpholine rings is 1. The molecule has 2 amide bonds. The first kappa shape index (κ1) is 21.0. The number of rotatable bonds is 4. The Hall–Kier alpha value is -1.28. The highest BCUT2D eigenvalue weighted by Crippen LogP contribution is 2.29. The number of thioether (sulfide) groups is 1. The number of anilines is 1. The summed E-state index contributed by atoms with van der Waals surface area (Å²) < 4.78 is 5.46. The Bertz CT molecular complexity index is 726. The molecular formula is C21H28ClN3O3S. The highest BCUT2D eigenvalue weighted by molar-refractivity contribution is 7.99. The molecule has 0 saturated carbocycles. The first-order valence-electron chi connectivity index (χ1n) is 10.4. The quantitative estimate of drug-likeness (QED) is 0.723. The third-order valence-corrected chi connectivity index (χ3v) is 7.36. The first-order valence-corrected chi connectivity index (χ1v) is 11.9. The lowest BCUT2D eigenvalue weighted by Gasteiger charge is -2.36. The van der Waals surface area contributed by atoms with Gasteiger partial charge < -0.3 is 14.5 Å². The lowest BCUT2D eigenvalue weighted by molar-refractivity contribution is -0.138. The molecule has 3 heterocycles. The van der Waals surface area contributed by atoms with Crippen LogP contribution in [0.1, 0.15) is 12.8 Å². The van der Waals surface area contributed by atoms with Crippen LogP contribution in [0.2, 0.25) is 5.02 Å². The van der Waals surface area contributed by atoms with Crippen molar-refractivity contribution in [2.45, 2.75) is 18.9 Å². The normalized spacial score (nSPS) is 26.6. The first-order chi connectivity index (χ1) is 14.1. The van der Waals surface area contributed by atoms with Crippen molar-refractivity contribution in [2.75, 3.05) is 62.3 Å². The molecule has 2 unspecified atom stereocenters. The minimum absolute atomic E-state index is 0.0135. The van der Waals surface area contributed by atoms with Crippen molar-refractivity contribution < 1.29 is 14.3 Å². The van der Waals surface area contributed by atoms with Crippen molar-refractivity contribution >= 4 is 40.9 Å². The number of hydrogen-bond acceptors (Lipinski definition) is 5. The molecule has 29 heavy (non-hydrogen) atoms. The molecule has 0 aliphatic carbocycles. The van der Waals surface area contributed by atoms with Crippen molar-refractivity contribution in [3.05, 3.63) is 29.3 Å². The van der Waals surface area contributed by atoms with E-state index in [1.54, 1.807) is 17.0 Å². The second-order valence-corrected chi connectivity index (χ2v) is 9.49. The minimum Gasteiger partial charge on any atom is -0.379 e. The molecule has 0 aromatic heterocycles. The van der Waals surface area contributed by atoms with Gasteiger partial charge in [0, 0.05) is 55.6 Å². The van der Waals surface area contributed by atoms with E-state index in [2.05, 4.69) is 9.80 Å². The van der Waals surface area contributed by atoms with Gasteiger partial charge in [-0.15, -0.1) is 0 Å². The molecule has 0 bridgehead atoms. The smallest absolute Gasteiger partial charge is 0.228 e. The van der Waals surface area contributed by atoms with Crippen molar-refractivity contribution in [2.24, 2.45) is 5.92 Å². The highest BCUT2D eigenvalue weighted by Gasteiger charge is 2.39. The van der Waals surface area contributed by atoms with Crippen LogP contribution in [0.5, 0.6) is 0 Å². The topological polar surface area (TPSA) is 53.1 Å². The molecule has 3 aliphatic rings. The SMILES string of the molecule is O=C1CC(C(=O)N2CCCSCC2CN2CCOCC2)CN1c1ccc(Cl)cc1. The molecule has 0 N–H and O–H groups in total. The van der Waals surface area contributed by atoms with E-state index in [0.29, 0.717) is 11.6 Å². The number of halogens is 1. The molecule has 1 aromatic carbocycles. The average molecular weight is 438 g/mol. The van der Waals surface area contributed by atoms with Gasteiger partial charge >= 0.3 is 0 Å². The Morgan fingerprint density at radius 2 is 1.93 bits per heavy atom. The summed E-state index contributed by atoms with van der Waals surface area (Å²) in [5.74, 6) is 1.93. The fourth-order valence-electron chi connectivity index (χ4n) is 4.33. The molecule has 3 saturated heterocycles. The number of amides is 2. The number of carbonyl (C=O) groups excluding carboxylic acids is 2. The van der Waals surface area contributed by atoms with Crippen LogP contribution in [-0.4, -0.2) is 85.1 Å². The van der Waals surface area contributed by atoms with Gasteiger partial charge in [0.1, 0.15) is 0 Å². The Labute approximate surface area is 181 Å². The molecule has 0 radical (unpaired) electrons. The zero-order valence-corrected chi connectivity index (χ0v) is 18.2. The summed E-state index contributed by atoms with van der Waals surface area (Å²) in [7, 11) is 0. The molecular weight excluding hydrogens is 410 g/mol. The average Bonchev–Trinajstić information content (AvgIpc) is 2.97. The summed E-state index contributed by atoms with van der Waals surface area (Å²) in [6, 6.07) is 7.45. The Kier molecular flexibility index (Phi) is 7.00. The second-order valence-electron chi connectivity index (χ2n) is 7.91. The fraction of sp³-hybridized carbons (Fsp3) is 0.619. The molecule has 2 atom stereocenters. The van der Waals surface area contributed by atoms with E-state index in [-0.39, 0.29) is 30.2 Å². The van der Waals surface area contributed by atoms with Crippen molar-refractivity contribution in [3.63, 3.8) is 0 Å². The summed E-state index contributed by atoms with van der Waals surface area (Å²) in [5, 5.41) is 0.640. The van der Waals surface area contributed by atoms with Crippen LogP contribution in [0.3, 0.4) is 0 Å². The molecule has 158 valence electrons. The zero-order chi connectivity index (χ0) is 20.2. The third kappa shape index (κ3) is 5.08. The number of hydrogen-bond donors (Lipinski definition) is 0. The van der Waals surface area contributed by atoms with E-state index in [1.807, 2.05) is 23.9 Å². The zero-order valence-electron chi connectivity index (χ0n) is 16.6. The largest absolute Gasteiger partial charge is 0.379 e. The van der Waals surface area contributed by atoms with Crippen LogP contribution in [0.25, 0.3) is 0 Å². The summed E-state index contributed by atoms with van der Waals surface area (Å²) in [5.41, 5.74) is 0.811. The van der Waals surface area contributed by atoms with Crippen LogP contribution in [0.15, 0.2) is 24.3 Å². The summed E-state index contributed by atoms with van der Waals surface area (Å²) in [6.07, 6.45) is 1.30. The number of ether oxygens (including phenoxy) is 1. The number of carbonyl (C=O) groups is 2. The van der Waals surface area contributed by atoms with Crippen LogP contribution < -0.4 is 4.90 Å². The molecule has 6 nitrogen and oxygen atoms in total. The third-order valence-electron chi connectivity index (χ3n) is 5.91. The van der Waals surface area contributed by atoms with Gasteiger partial charge in [0.15, 0.2) is 0 Å². The molecule has 3 fully saturated rings. The maximum atomic E-state index is 13.5. The monoisotopic (exact) mass is 437 g/mol. The van der Waals surface area contributed by atoms with Gasteiger partial charge in [-0.1, -0.05) is 11.6 Å². The summed E-state index contributed by atoms with van der Waals surface area (Å²) in [6.45, 7) is 5.51. The minimum atomic E-state index is -0.270. The summed E-state index contributed by atoms with van der Waals surface area (Å²) in [4.78, 5) is 32.3. The lowest BCUT2D eigenvalue weighted by atomic mass is 10.1. The van der Waals surface area contributed by atoms with Gasteiger partial charge in [-0.05, 0) is 36.4 Å². The molecule has 8 heteroatoms. The van der Waals surface area contributed by atoms with E-state index in [0.717, 1.165) is 63.0 Å². The number of nitrogens with zero attached hydrogens (tertiary/aromatic N) is 3. The van der Waals surface area contributed by atoms with Gasteiger partial charge in [0.2, 0.25) is 11.8 Å². The van der Waals surface area contributed by atoms with Gasteiger partial charge in [-0.25, -0.2) is 0 Å². The maximum Gasteiger partial charge on any atom is 0.228 e. The van der Waals surface area contributed by atoms with Crippen LogP contribution >= 0.6 is 23.4 Å². The molecule has 1 aromatic rings. The van der Waals surface area contributed by atoms with Gasteiger partial charge in [0.25, 0.3) is 0 Å². The Morgan fingerprint density at radius 3 is 2.69 bits per heavy atom. The van der Waals surface area contributed by atoms with Crippen molar-refractivity contribution in [1.29, 1.82) is 0 Å². The molecule has 3 aliphatic heterocycles. The standard InChI is InChI=1S/C21H28ClN3O3S/c22-17-2-4-18(5-3-17)25-13-16(12-20(25)26)21(27)24-6-1-11-29-15-19(24)14-23-7-9-28-10-8-23/h2-5,16,19H,1,6-15H2. The van der Waals surface area contributed by atoms with Crippen molar-refractivity contribution in [3.8, 4) is 0 Å². The lowest BCUT2D eigenvalue weighted by Crippen LogP contribution is -2.52. The Balaban J connectivity index is 1.44. The van der Waals surface area contributed by atoms with E-state index in [4.69, 9.17) is 16.3 Å². The molecule has 4 rings (SSSR count). The fourth-order valence-corrected chi connectivity index (χ4v) is 5.51. The van der Waals surface area contributed by atoms with Crippen LogP contribution in [0, 0.1) is 5.92 Å². The van der Waals surface area contributed by atoms with E-state index < -0.39 is 0 Å². The summed E-state index contributed by atoms with van der Waals surface area (Å²) >= 11 is 7.90. The predicted octanol–water partition coefficient (Wildman–Crippen LogP) is 2.36. The Morgan fingerprint density at radius 1 is 1.17 bits per heavy atom. The van der Waals surface area contributed by atoms with Gasteiger partial charge in [-0.3, -0.25) is 14.5 Å². The highest BCUT2D eigenvalue weighted by atomic mass is 35.5. The number of benzene rings is 1. The molecule has 0 spiro atoms. The van der Waals surface area contributed by atoms with Crippen molar-refractivity contribution in [1.82, 2.24) is 9.80 Å². The maximum absolute atomic E-state index is 13.5. The van der Waals surface area contributed by atoms with Crippen LogP contribution in [0.4, 0.5) is 5.69 Å². The predicted molar refractivity (Wildman–Crippen MR) is 117 cm³/mol. The van der Waals surface area contributed by atoms with Gasteiger partial charge in [0.05, 0.1) is 25.2 Å².